The van der Waals surface area contributed by atoms with Gasteiger partial charge in [0.15, 0.2) is 5.78 Å². The highest BCUT2D eigenvalue weighted by molar-refractivity contribution is 6.08. The number of benzene rings is 2. The Morgan fingerprint density at radius 1 is 0.875 bits per heavy atom. The highest BCUT2D eigenvalue weighted by atomic mass is 16.5. The largest absolute Gasteiger partial charge is 0.497 e. The van der Waals surface area contributed by atoms with Crippen LogP contribution >= 0.6 is 0 Å². The van der Waals surface area contributed by atoms with Crippen LogP contribution in [0.5, 0.6) is 5.75 Å². The quantitative estimate of drug-likeness (QED) is 0.591. The Kier molecular flexibility index (Phi) is 5.31. The topological polar surface area (TPSA) is 59.5 Å². The molecule has 2 heterocycles. The van der Waals surface area contributed by atoms with E-state index in [1.54, 1.807) is 24.4 Å². The van der Waals surface area contributed by atoms with Crippen LogP contribution in [-0.2, 0) is 9.59 Å². The average molecular weight is 425 g/mol. The van der Waals surface area contributed by atoms with Crippen LogP contribution < -0.4 is 9.64 Å². The van der Waals surface area contributed by atoms with Gasteiger partial charge >= 0.3 is 0 Å². The number of allylic oxidation sites excluding steroid dienone is 2. The minimum atomic E-state index is -0.244. The Morgan fingerprint density at radius 2 is 1.66 bits per heavy atom. The average Bonchev–Trinajstić information content (AvgIpc) is 2.84. The van der Waals surface area contributed by atoms with Gasteiger partial charge in [-0.1, -0.05) is 36.4 Å². The van der Waals surface area contributed by atoms with E-state index < -0.39 is 0 Å². The number of anilines is 1. The van der Waals surface area contributed by atoms with Gasteiger partial charge in [-0.25, -0.2) is 0 Å². The summed E-state index contributed by atoms with van der Waals surface area (Å²) in [5.74, 6) is 0.573. The van der Waals surface area contributed by atoms with Crippen molar-refractivity contribution in [2.45, 2.75) is 31.1 Å². The normalized spacial score (nSPS) is 20.8. The summed E-state index contributed by atoms with van der Waals surface area (Å²) in [7, 11) is 1.61. The van der Waals surface area contributed by atoms with Crippen molar-refractivity contribution in [2.24, 2.45) is 0 Å². The molecule has 0 N–H and O–H groups in total. The van der Waals surface area contributed by atoms with E-state index in [1.165, 1.54) is 0 Å². The number of ketones is 1. The van der Waals surface area contributed by atoms with Crippen molar-refractivity contribution in [1.82, 2.24) is 4.98 Å². The van der Waals surface area contributed by atoms with Crippen LogP contribution in [-0.4, -0.2) is 23.8 Å². The molecule has 1 aliphatic carbocycles. The molecule has 5 nitrogen and oxygen atoms in total. The molecule has 1 amide bonds. The molecule has 0 bridgehead atoms. The molecule has 1 aliphatic heterocycles. The van der Waals surface area contributed by atoms with Gasteiger partial charge in [0.05, 0.1) is 12.8 Å². The highest BCUT2D eigenvalue weighted by Gasteiger charge is 2.42. The molecule has 2 aromatic carbocycles. The van der Waals surface area contributed by atoms with Crippen molar-refractivity contribution in [3.05, 3.63) is 102 Å². The number of ether oxygens (including phenoxy) is 1. The summed E-state index contributed by atoms with van der Waals surface area (Å²) < 4.78 is 5.39. The Hall–Kier alpha value is -3.73. The maximum absolute atomic E-state index is 13.6. The van der Waals surface area contributed by atoms with Crippen LogP contribution in [0.4, 0.5) is 5.69 Å². The minimum Gasteiger partial charge on any atom is -0.497 e. The molecule has 0 saturated heterocycles. The van der Waals surface area contributed by atoms with Gasteiger partial charge in [-0.05, 0) is 47.7 Å². The molecule has 5 rings (SSSR count). The van der Waals surface area contributed by atoms with Crippen LogP contribution in [0, 0.1) is 0 Å². The standard InChI is InChI=1S/C27H24N2O3/c1-32-22-9-5-8-21(16-22)29-24-14-20(18-6-3-2-4-7-18)15-25(30)27(24)23(17-26(29)31)19-10-12-28-13-11-19/h2-13,16,20,23H,14-15,17H2,1H3. The molecule has 0 fully saturated rings. The molecule has 5 heteroatoms. The Labute approximate surface area is 187 Å². The van der Waals surface area contributed by atoms with Gasteiger partial charge in [-0.3, -0.25) is 19.5 Å². The molecule has 0 spiro atoms. The summed E-state index contributed by atoms with van der Waals surface area (Å²) in [5, 5.41) is 0. The van der Waals surface area contributed by atoms with Gasteiger partial charge in [-0.15, -0.1) is 0 Å². The first kappa shape index (κ1) is 20.2. The maximum atomic E-state index is 13.6. The highest BCUT2D eigenvalue weighted by Crippen LogP contribution is 2.47. The first-order chi connectivity index (χ1) is 15.7. The van der Waals surface area contributed by atoms with Crippen molar-refractivity contribution in [1.29, 1.82) is 0 Å². The third-order valence-electron chi connectivity index (χ3n) is 6.42. The molecule has 160 valence electrons. The van der Waals surface area contributed by atoms with Gasteiger partial charge in [-0.2, -0.15) is 0 Å². The van der Waals surface area contributed by atoms with Gasteiger partial charge in [0, 0.05) is 48.5 Å². The summed E-state index contributed by atoms with van der Waals surface area (Å²) in [6.45, 7) is 0. The second kappa shape index (κ2) is 8.42. The summed E-state index contributed by atoms with van der Waals surface area (Å²) in [5.41, 5.74) is 4.37. The fourth-order valence-electron chi connectivity index (χ4n) is 4.93. The first-order valence-electron chi connectivity index (χ1n) is 10.8. The zero-order chi connectivity index (χ0) is 22.1. The summed E-state index contributed by atoms with van der Waals surface area (Å²) in [4.78, 5) is 32.9. The number of carbonyl (C=O) groups excluding carboxylic acids is 2. The van der Waals surface area contributed by atoms with E-state index in [4.69, 9.17) is 4.74 Å². The van der Waals surface area contributed by atoms with E-state index in [0.717, 1.165) is 28.1 Å². The Bertz CT molecular complexity index is 1190. The van der Waals surface area contributed by atoms with E-state index >= 15 is 0 Å². The number of pyridine rings is 1. The number of amides is 1. The fourth-order valence-corrected chi connectivity index (χ4v) is 4.93. The number of nitrogens with zero attached hydrogens (tertiary/aromatic N) is 2. The lowest BCUT2D eigenvalue weighted by atomic mass is 9.73. The van der Waals surface area contributed by atoms with Crippen LogP contribution in [0.25, 0.3) is 0 Å². The number of aromatic nitrogens is 1. The molecular weight excluding hydrogens is 400 g/mol. The van der Waals surface area contributed by atoms with Gasteiger partial charge in [0.1, 0.15) is 5.75 Å². The minimum absolute atomic E-state index is 0.0136. The third-order valence-corrected chi connectivity index (χ3v) is 6.42. The fraction of sp³-hybridized carbons (Fsp3) is 0.222. The van der Waals surface area contributed by atoms with Gasteiger partial charge < -0.3 is 4.74 Å². The lowest BCUT2D eigenvalue weighted by Crippen LogP contribution is -2.41. The van der Waals surface area contributed by atoms with Gasteiger partial charge in [0.25, 0.3) is 0 Å². The molecule has 2 unspecified atom stereocenters. The molecular formula is C27H24N2O3. The van der Waals surface area contributed by atoms with Crippen molar-refractivity contribution in [2.75, 3.05) is 12.0 Å². The molecule has 0 radical (unpaired) electrons. The van der Waals surface area contributed by atoms with E-state index in [0.29, 0.717) is 18.6 Å². The van der Waals surface area contributed by atoms with Crippen LogP contribution in [0.15, 0.2) is 90.4 Å². The lowest BCUT2D eigenvalue weighted by Gasteiger charge is -2.40. The zero-order valence-electron chi connectivity index (χ0n) is 17.9. The number of carbonyl (C=O) groups is 2. The third kappa shape index (κ3) is 3.60. The SMILES string of the molecule is COc1cccc(N2C(=O)CC(c3ccncc3)C3=C2CC(c2ccccc2)CC3=O)c1. The van der Waals surface area contributed by atoms with E-state index in [-0.39, 0.29) is 29.9 Å². The van der Waals surface area contributed by atoms with Crippen LogP contribution in [0.2, 0.25) is 0 Å². The molecule has 0 saturated carbocycles. The lowest BCUT2D eigenvalue weighted by molar-refractivity contribution is -0.120. The number of Topliss-reactive ketones (excluding diaryl/α,β-unsaturated/α-hetero) is 1. The molecule has 1 aromatic heterocycles. The summed E-state index contributed by atoms with van der Waals surface area (Å²) in [6, 6.07) is 21.4. The molecule has 3 aromatic rings. The molecule has 32 heavy (non-hydrogen) atoms. The maximum Gasteiger partial charge on any atom is 0.232 e. The summed E-state index contributed by atoms with van der Waals surface area (Å²) in [6.07, 6.45) is 4.77. The van der Waals surface area contributed by atoms with Crippen molar-refractivity contribution >= 4 is 17.4 Å². The van der Waals surface area contributed by atoms with Crippen LogP contribution in [0.1, 0.15) is 42.2 Å². The van der Waals surface area contributed by atoms with E-state index in [9.17, 15) is 9.59 Å². The number of hydrogen-bond donors (Lipinski definition) is 0. The van der Waals surface area contributed by atoms with E-state index in [1.807, 2.05) is 54.6 Å². The smallest absolute Gasteiger partial charge is 0.232 e. The second-order valence-corrected chi connectivity index (χ2v) is 8.27. The summed E-state index contributed by atoms with van der Waals surface area (Å²) >= 11 is 0. The number of hydrogen-bond acceptors (Lipinski definition) is 4. The van der Waals surface area contributed by atoms with Crippen molar-refractivity contribution < 1.29 is 14.3 Å². The Balaban J connectivity index is 1.65. The second-order valence-electron chi connectivity index (χ2n) is 8.27. The predicted octanol–water partition coefficient (Wildman–Crippen LogP) is 5.01. The van der Waals surface area contributed by atoms with Crippen LogP contribution in [0.3, 0.4) is 0 Å². The van der Waals surface area contributed by atoms with E-state index in [2.05, 4.69) is 17.1 Å². The number of rotatable bonds is 4. The zero-order valence-corrected chi connectivity index (χ0v) is 17.9. The number of methoxy groups -OCH3 is 1. The first-order valence-corrected chi connectivity index (χ1v) is 10.8. The van der Waals surface area contributed by atoms with Crippen molar-refractivity contribution in [3.8, 4) is 5.75 Å². The molecule has 2 aliphatic rings. The Morgan fingerprint density at radius 3 is 2.41 bits per heavy atom. The monoisotopic (exact) mass is 424 g/mol. The molecule has 2 atom stereocenters. The van der Waals surface area contributed by atoms with Gasteiger partial charge in [0.2, 0.25) is 5.91 Å². The predicted molar refractivity (Wildman–Crippen MR) is 123 cm³/mol. The van der Waals surface area contributed by atoms with Crippen molar-refractivity contribution in [3.63, 3.8) is 0 Å².